The van der Waals surface area contributed by atoms with Gasteiger partial charge in [-0.05, 0) is 40.8 Å². The van der Waals surface area contributed by atoms with Crippen LogP contribution >= 0.6 is 28.1 Å². The fraction of sp³-hybridized carbons (Fsp3) is 0.375. The Labute approximate surface area is 132 Å². The highest BCUT2D eigenvalue weighted by molar-refractivity contribution is 9.10. The van der Waals surface area contributed by atoms with Crippen molar-refractivity contribution in [1.29, 1.82) is 0 Å². The molecular formula is C16H17BrN2S. The average Bonchev–Trinajstić information content (AvgIpc) is 2.42. The van der Waals surface area contributed by atoms with E-state index in [1.165, 1.54) is 12.0 Å². The van der Waals surface area contributed by atoms with Crippen molar-refractivity contribution in [3.63, 3.8) is 0 Å². The standard InChI is InChI=1S/C16H17BrN2S/c1-2-12-13(17)14(20)19-15(18-12)16(9-6-10-16)11-7-4-3-5-8-11/h3-5,7-8H,2,6,9-10H2,1H3,(H,18,19,20). The Morgan fingerprint density at radius 3 is 2.55 bits per heavy atom. The lowest BCUT2D eigenvalue weighted by Gasteiger charge is -2.41. The van der Waals surface area contributed by atoms with Crippen molar-refractivity contribution < 1.29 is 0 Å². The van der Waals surface area contributed by atoms with Gasteiger partial charge >= 0.3 is 0 Å². The van der Waals surface area contributed by atoms with Crippen LogP contribution in [0.2, 0.25) is 0 Å². The molecule has 0 unspecified atom stereocenters. The van der Waals surface area contributed by atoms with E-state index in [-0.39, 0.29) is 5.41 Å². The number of nitrogens with one attached hydrogen (secondary N) is 1. The third kappa shape index (κ3) is 2.15. The van der Waals surface area contributed by atoms with Crippen LogP contribution in [-0.2, 0) is 11.8 Å². The third-order valence-electron chi connectivity index (χ3n) is 4.28. The second kappa shape index (κ2) is 5.41. The topological polar surface area (TPSA) is 28.7 Å². The van der Waals surface area contributed by atoms with Gasteiger partial charge in [0.15, 0.2) is 0 Å². The maximum absolute atomic E-state index is 5.41. The van der Waals surface area contributed by atoms with Crippen LogP contribution in [0.15, 0.2) is 34.8 Å². The molecule has 1 aromatic carbocycles. The third-order valence-corrected chi connectivity index (χ3v) is 5.69. The lowest BCUT2D eigenvalue weighted by Crippen LogP contribution is -2.37. The molecule has 104 valence electrons. The Morgan fingerprint density at radius 1 is 1.30 bits per heavy atom. The van der Waals surface area contributed by atoms with Gasteiger partial charge in [0.2, 0.25) is 0 Å². The Balaban J connectivity index is 2.16. The highest BCUT2D eigenvalue weighted by atomic mass is 79.9. The van der Waals surface area contributed by atoms with Crippen LogP contribution < -0.4 is 0 Å². The minimum atomic E-state index is 0.0272. The number of aromatic amines is 1. The molecule has 0 spiro atoms. The molecule has 0 radical (unpaired) electrons. The maximum atomic E-state index is 5.41. The lowest BCUT2D eigenvalue weighted by molar-refractivity contribution is 0.284. The van der Waals surface area contributed by atoms with Gasteiger partial charge in [0, 0.05) is 5.69 Å². The number of hydrogen-bond donors (Lipinski definition) is 1. The van der Waals surface area contributed by atoms with Gasteiger partial charge in [-0.25, -0.2) is 4.98 Å². The molecule has 1 aromatic heterocycles. The number of H-pyrrole nitrogens is 1. The van der Waals surface area contributed by atoms with Gasteiger partial charge < -0.3 is 4.98 Å². The summed E-state index contributed by atoms with van der Waals surface area (Å²) < 4.78 is 1.60. The Kier molecular flexibility index (Phi) is 3.78. The minimum Gasteiger partial charge on any atom is -0.345 e. The van der Waals surface area contributed by atoms with E-state index in [4.69, 9.17) is 12.2 Å². The van der Waals surface area contributed by atoms with E-state index >= 15 is 0 Å². The Bertz CT molecular complexity index is 675. The van der Waals surface area contributed by atoms with E-state index in [1.54, 1.807) is 0 Å². The van der Waals surface area contributed by atoms with Crippen LogP contribution in [0.25, 0.3) is 0 Å². The summed E-state index contributed by atoms with van der Waals surface area (Å²) in [7, 11) is 0. The second-order valence-electron chi connectivity index (χ2n) is 5.34. The van der Waals surface area contributed by atoms with Gasteiger partial charge in [-0.15, -0.1) is 0 Å². The molecule has 0 saturated heterocycles. The van der Waals surface area contributed by atoms with E-state index in [1.807, 2.05) is 0 Å². The average molecular weight is 349 g/mol. The fourth-order valence-electron chi connectivity index (χ4n) is 2.93. The first kappa shape index (κ1) is 14.0. The zero-order valence-electron chi connectivity index (χ0n) is 11.4. The smallest absolute Gasteiger partial charge is 0.144 e. The minimum absolute atomic E-state index is 0.0272. The number of hydrogen-bond acceptors (Lipinski definition) is 2. The van der Waals surface area contributed by atoms with Gasteiger partial charge in [0.05, 0.1) is 9.89 Å². The van der Waals surface area contributed by atoms with Gasteiger partial charge in [-0.2, -0.15) is 0 Å². The molecule has 0 bridgehead atoms. The molecule has 1 heterocycles. The molecule has 1 aliphatic carbocycles. The summed E-state index contributed by atoms with van der Waals surface area (Å²) in [5, 5.41) is 0. The van der Waals surface area contributed by atoms with Gasteiger partial charge in [0.1, 0.15) is 10.5 Å². The Morgan fingerprint density at radius 2 is 2.00 bits per heavy atom. The van der Waals surface area contributed by atoms with Crippen LogP contribution in [0, 0.1) is 4.64 Å². The molecule has 1 fully saturated rings. The summed E-state index contributed by atoms with van der Waals surface area (Å²) >= 11 is 8.95. The zero-order valence-corrected chi connectivity index (χ0v) is 13.9. The van der Waals surface area contributed by atoms with Crippen molar-refractivity contribution in [2.24, 2.45) is 0 Å². The predicted molar refractivity (Wildman–Crippen MR) is 87.6 cm³/mol. The SMILES string of the molecule is CCc1[nH]c(C2(c3ccccc3)CCC2)nc(=S)c1Br. The summed E-state index contributed by atoms with van der Waals surface area (Å²) in [5.41, 5.74) is 2.51. The van der Waals surface area contributed by atoms with Crippen LogP contribution in [0.4, 0.5) is 0 Å². The van der Waals surface area contributed by atoms with Crippen molar-refractivity contribution >= 4 is 28.1 Å². The number of nitrogens with zero attached hydrogens (tertiary/aromatic N) is 1. The predicted octanol–water partition coefficient (Wildman–Crippen LogP) is 4.93. The first-order chi connectivity index (χ1) is 9.67. The van der Waals surface area contributed by atoms with Crippen molar-refractivity contribution in [1.82, 2.24) is 9.97 Å². The number of aryl methyl sites for hydroxylation is 1. The molecule has 1 aliphatic rings. The molecule has 0 amide bonds. The van der Waals surface area contributed by atoms with E-state index in [2.05, 4.69) is 63.2 Å². The zero-order chi connectivity index (χ0) is 14.2. The Hall–Kier alpha value is -1.00. The maximum Gasteiger partial charge on any atom is 0.144 e. The van der Waals surface area contributed by atoms with Crippen molar-refractivity contribution in [2.75, 3.05) is 0 Å². The van der Waals surface area contributed by atoms with Crippen molar-refractivity contribution in [3.05, 3.63) is 56.5 Å². The number of rotatable bonds is 3. The molecule has 4 heteroatoms. The van der Waals surface area contributed by atoms with E-state index < -0.39 is 0 Å². The summed E-state index contributed by atoms with van der Waals surface area (Å²) in [6.07, 6.45) is 4.44. The largest absolute Gasteiger partial charge is 0.345 e. The highest BCUT2D eigenvalue weighted by Gasteiger charge is 2.42. The molecule has 0 aliphatic heterocycles. The fourth-order valence-corrected chi connectivity index (χ4v) is 3.61. The molecule has 2 aromatic rings. The van der Waals surface area contributed by atoms with E-state index in [0.717, 1.165) is 35.3 Å². The summed E-state index contributed by atoms with van der Waals surface area (Å²) in [6.45, 7) is 2.13. The highest BCUT2D eigenvalue weighted by Crippen LogP contribution is 2.47. The summed E-state index contributed by atoms with van der Waals surface area (Å²) in [4.78, 5) is 8.18. The molecular weight excluding hydrogens is 332 g/mol. The van der Waals surface area contributed by atoms with Crippen LogP contribution in [-0.4, -0.2) is 9.97 Å². The van der Waals surface area contributed by atoms with E-state index in [9.17, 15) is 0 Å². The molecule has 1 saturated carbocycles. The number of benzene rings is 1. The summed E-state index contributed by atoms with van der Waals surface area (Å²) in [6, 6.07) is 10.7. The van der Waals surface area contributed by atoms with Gasteiger partial charge in [-0.1, -0.05) is 55.9 Å². The normalized spacial score (nSPS) is 16.7. The summed E-state index contributed by atoms with van der Waals surface area (Å²) in [5.74, 6) is 1.03. The quantitative estimate of drug-likeness (QED) is 0.796. The van der Waals surface area contributed by atoms with Crippen molar-refractivity contribution in [3.8, 4) is 0 Å². The monoisotopic (exact) mass is 348 g/mol. The van der Waals surface area contributed by atoms with Crippen LogP contribution in [0.3, 0.4) is 0 Å². The first-order valence-electron chi connectivity index (χ1n) is 7.02. The van der Waals surface area contributed by atoms with Crippen LogP contribution in [0.1, 0.15) is 43.3 Å². The molecule has 20 heavy (non-hydrogen) atoms. The van der Waals surface area contributed by atoms with Gasteiger partial charge in [0.25, 0.3) is 0 Å². The van der Waals surface area contributed by atoms with Crippen LogP contribution in [0.5, 0.6) is 0 Å². The molecule has 1 N–H and O–H groups in total. The molecule has 3 rings (SSSR count). The molecule has 0 atom stereocenters. The first-order valence-corrected chi connectivity index (χ1v) is 8.22. The second-order valence-corrected chi connectivity index (χ2v) is 6.52. The van der Waals surface area contributed by atoms with Crippen molar-refractivity contribution in [2.45, 2.75) is 38.0 Å². The number of halogens is 1. The molecule has 2 nitrogen and oxygen atoms in total. The lowest BCUT2D eigenvalue weighted by atomic mass is 9.64. The van der Waals surface area contributed by atoms with Gasteiger partial charge in [-0.3, -0.25) is 0 Å². The van der Waals surface area contributed by atoms with E-state index in [0.29, 0.717) is 4.64 Å². The number of aromatic nitrogens is 2.